The summed E-state index contributed by atoms with van der Waals surface area (Å²) in [6.07, 6.45) is -1.39. The first-order valence-corrected chi connectivity index (χ1v) is 7.30. The first-order chi connectivity index (χ1) is 11.4. The number of pyridine rings is 1. The number of amides is 1. The average Bonchev–Trinajstić information content (AvgIpc) is 2.61. The van der Waals surface area contributed by atoms with Crippen molar-refractivity contribution in [1.29, 1.82) is 0 Å². The Bertz CT molecular complexity index is 697. The maximum atomic E-state index is 12.5. The molecule has 0 spiro atoms. The molecule has 0 bridgehead atoms. The summed E-state index contributed by atoms with van der Waals surface area (Å²) in [6, 6.07) is 5.51. The fourth-order valence-corrected chi connectivity index (χ4v) is 2.46. The van der Waals surface area contributed by atoms with Crippen molar-refractivity contribution in [3.8, 4) is 0 Å². The summed E-state index contributed by atoms with van der Waals surface area (Å²) in [5.41, 5.74) is -0.453. The summed E-state index contributed by atoms with van der Waals surface area (Å²) in [5.74, 6) is 0.287. The van der Waals surface area contributed by atoms with E-state index in [4.69, 9.17) is 0 Å². The number of carbonyl (C=O) groups excluding carboxylic acids is 1. The van der Waals surface area contributed by atoms with Crippen LogP contribution in [0, 0.1) is 0 Å². The number of nitrogens with zero attached hydrogens (tertiary/aromatic N) is 5. The molecule has 1 fully saturated rings. The van der Waals surface area contributed by atoms with Crippen LogP contribution in [0.1, 0.15) is 16.1 Å². The topological polar surface area (TPSA) is 62.2 Å². The molecule has 0 aromatic carbocycles. The number of carbonyl (C=O) groups is 1. The minimum atomic E-state index is -4.50. The summed E-state index contributed by atoms with van der Waals surface area (Å²) >= 11 is 0. The number of hydrogen-bond acceptors (Lipinski definition) is 5. The van der Waals surface area contributed by atoms with Crippen LogP contribution in [-0.2, 0) is 6.18 Å². The van der Waals surface area contributed by atoms with Crippen molar-refractivity contribution in [1.82, 2.24) is 20.1 Å². The smallest absolute Gasteiger partial charge is 0.352 e. The average molecular weight is 337 g/mol. The molecule has 9 heteroatoms. The van der Waals surface area contributed by atoms with E-state index >= 15 is 0 Å². The van der Waals surface area contributed by atoms with Gasteiger partial charge in [0.1, 0.15) is 0 Å². The predicted octanol–water partition coefficient (Wildman–Crippen LogP) is 1.85. The normalized spacial score (nSPS) is 15.5. The Morgan fingerprint density at radius 3 is 2.17 bits per heavy atom. The molecule has 0 atom stereocenters. The first kappa shape index (κ1) is 16.2. The molecule has 1 aliphatic heterocycles. The van der Waals surface area contributed by atoms with Gasteiger partial charge in [-0.1, -0.05) is 0 Å². The monoisotopic (exact) mass is 337 g/mol. The Morgan fingerprint density at radius 2 is 1.62 bits per heavy atom. The third kappa shape index (κ3) is 3.44. The van der Waals surface area contributed by atoms with Crippen molar-refractivity contribution >= 4 is 11.7 Å². The molecule has 3 rings (SSSR count). The van der Waals surface area contributed by atoms with Crippen molar-refractivity contribution in [2.45, 2.75) is 6.18 Å². The molecule has 0 radical (unpaired) electrons. The van der Waals surface area contributed by atoms with Crippen molar-refractivity contribution in [2.24, 2.45) is 0 Å². The largest absolute Gasteiger partial charge is 0.435 e. The van der Waals surface area contributed by atoms with Crippen LogP contribution in [0.2, 0.25) is 0 Å². The molecule has 126 valence electrons. The van der Waals surface area contributed by atoms with Crippen LogP contribution in [0.4, 0.5) is 19.0 Å². The van der Waals surface area contributed by atoms with E-state index in [2.05, 4.69) is 15.2 Å². The minimum Gasteiger partial charge on any atom is -0.352 e. The van der Waals surface area contributed by atoms with Crippen LogP contribution in [0.15, 0.2) is 36.7 Å². The maximum Gasteiger partial charge on any atom is 0.435 e. The van der Waals surface area contributed by atoms with Gasteiger partial charge in [-0.2, -0.15) is 13.2 Å². The second-order valence-corrected chi connectivity index (χ2v) is 5.29. The number of hydrogen-bond donors (Lipinski definition) is 0. The van der Waals surface area contributed by atoms with E-state index in [0.29, 0.717) is 37.6 Å². The molecule has 0 unspecified atom stereocenters. The Morgan fingerprint density at radius 1 is 0.958 bits per heavy atom. The van der Waals surface area contributed by atoms with Crippen molar-refractivity contribution in [3.05, 3.63) is 47.9 Å². The van der Waals surface area contributed by atoms with Crippen LogP contribution in [-0.4, -0.2) is 52.2 Å². The first-order valence-electron chi connectivity index (χ1n) is 7.30. The Hall–Kier alpha value is -2.71. The van der Waals surface area contributed by atoms with Crippen LogP contribution in [0.3, 0.4) is 0 Å². The van der Waals surface area contributed by atoms with E-state index in [-0.39, 0.29) is 5.91 Å². The van der Waals surface area contributed by atoms with E-state index < -0.39 is 11.9 Å². The van der Waals surface area contributed by atoms with Gasteiger partial charge in [-0.05, 0) is 24.3 Å². The molecule has 3 heterocycles. The van der Waals surface area contributed by atoms with Crippen molar-refractivity contribution in [3.63, 3.8) is 0 Å². The van der Waals surface area contributed by atoms with Gasteiger partial charge < -0.3 is 9.80 Å². The lowest BCUT2D eigenvalue weighted by Gasteiger charge is -2.35. The molecule has 1 aliphatic rings. The van der Waals surface area contributed by atoms with Gasteiger partial charge in [0.25, 0.3) is 5.91 Å². The lowest BCUT2D eigenvalue weighted by molar-refractivity contribution is -0.141. The van der Waals surface area contributed by atoms with Gasteiger partial charge in [0, 0.05) is 44.1 Å². The van der Waals surface area contributed by atoms with Crippen LogP contribution >= 0.6 is 0 Å². The number of piperazine rings is 1. The Balaban J connectivity index is 1.62. The molecule has 0 N–H and O–H groups in total. The highest BCUT2D eigenvalue weighted by atomic mass is 19.4. The van der Waals surface area contributed by atoms with E-state index in [1.54, 1.807) is 29.4 Å². The van der Waals surface area contributed by atoms with Gasteiger partial charge in [-0.15, -0.1) is 10.2 Å². The lowest BCUT2D eigenvalue weighted by atomic mass is 10.2. The fraction of sp³-hybridized carbons (Fsp3) is 0.333. The fourth-order valence-electron chi connectivity index (χ4n) is 2.46. The molecule has 1 amide bonds. The third-order valence-corrected chi connectivity index (χ3v) is 3.76. The summed E-state index contributed by atoms with van der Waals surface area (Å²) in [5, 5.41) is 6.86. The van der Waals surface area contributed by atoms with E-state index in [1.165, 1.54) is 6.07 Å². The zero-order valence-corrected chi connectivity index (χ0v) is 12.6. The zero-order valence-electron chi connectivity index (χ0n) is 12.6. The highest BCUT2D eigenvalue weighted by Crippen LogP contribution is 2.27. The highest BCUT2D eigenvalue weighted by molar-refractivity contribution is 5.94. The van der Waals surface area contributed by atoms with Crippen LogP contribution in [0.5, 0.6) is 0 Å². The van der Waals surface area contributed by atoms with Gasteiger partial charge in [-0.3, -0.25) is 9.78 Å². The summed E-state index contributed by atoms with van der Waals surface area (Å²) in [6.45, 7) is 1.89. The summed E-state index contributed by atoms with van der Waals surface area (Å²) < 4.78 is 37.5. The standard InChI is InChI=1S/C15H14F3N5O/c16-15(17,18)12-1-2-13(21-20-12)22-7-9-23(10-8-22)14(24)11-3-5-19-6-4-11/h1-6H,7-10H2. The highest BCUT2D eigenvalue weighted by Gasteiger charge is 2.33. The molecule has 2 aromatic heterocycles. The van der Waals surface area contributed by atoms with Gasteiger partial charge in [0.15, 0.2) is 11.5 Å². The number of aromatic nitrogens is 3. The van der Waals surface area contributed by atoms with Gasteiger partial charge in [0.2, 0.25) is 0 Å². The molecule has 24 heavy (non-hydrogen) atoms. The van der Waals surface area contributed by atoms with Crippen molar-refractivity contribution < 1.29 is 18.0 Å². The SMILES string of the molecule is O=C(c1ccncc1)N1CCN(c2ccc(C(F)(F)F)nn2)CC1. The van der Waals surface area contributed by atoms with E-state index in [9.17, 15) is 18.0 Å². The van der Waals surface area contributed by atoms with E-state index in [1.807, 2.05) is 4.90 Å². The second kappa shape index (κ2) is 6.42. The number of anilines is 1. The minimum absolute atomic E-state index is 0.0875. The zero-order chi connectivity index (χ0) is 17.2. The molecule has 0 aliphatic carbocycles. The summed E-state index contributed by atoms with van der Waals surface area (Å²) in [4.78, 5) is 19.7. The van der Waals surface area contributed by atoms with Gasteiger partial charge >= 0.3 is 6.18 Å². The second-order valence-electron chi connectivity index (χ2n) is 5.29. The number of rotatable bonds is 2. The van der Waals surface area contributed by atoms with Crippen molar-refractivity contribution in [2.75, 3.05) is 31.1 Å². The molecule has 2 aromatic rings. The number of alkyl halides is 3. The molecule has 1 saturated heterocycles. The molecular formula is C15H14F3N5O. The van der Waals surface area contributed by atoms with Crippen LogP contribution < -0.4 is 4.90 Å². The quantitative estimate of drug-likeness (QED) is 0.837. The predicted molar refractivity (Wildman–Crippen MR) is 79.4 cm³/mol. The maximum absolute atomic E-state index is 12.5. The molecule has 6 nitrogen and oxygen atoms in total. The van der Waals surface area contributed by atoms with Gasteiger partial charge in [0.05, 0.1) is 0 Å². The van der Waals surface area contributed by atoms with Crippen LogP contribution in [0.25, 0.3) is 0 Å². The Labute approximate surface area is 135 Å². The lowest BCUT2D eigenvalue weighted by Crippen LogP contribution is -2.49. The third-order valence-electron chi connectivity index (χ3n) is 3.76. The molecule has 0 saturated carbocycles. The van der Waals surface area contributed by atoms with Gasteiger partial charge in [-0.25, -0.2) is 0 Å². The van der Waals surface area contributed by atoms with E-state index in [0.717, 1.165) is 6.07 Å². The number of halogens is 3. The Kier molecular flexibility index (Phi) is 4.32. The summed E-state index contributed by atoms with van der Waals surface area (Å²) in [7, 11) is 0. The molecular weight excluding hydrogens is 323 g/mol.